The van der Waals surface area contributed by atoms with Gasteiger partial charge in [-0.1, -0.05) is 11.6 Å². The van der Waals surface area contributed by atoms with Gasteiger partial charge in [-0.25, -0.2) is 4.98 Å². The Balaban J connectivity index is 1.68. The molecular formula is C18H20ClN5O. The number of piperazine rings is 1. The third-order valence-electron chi connectivity index (χ3n) is 4.44. The summed E-state index contributed by atoms with van der Waals surface area (Å²) in [7, 11) is 2.14. The fourth-order valence-electron chi connectivity index (χ4n) is 2.96. The topological polar surface area (TPSA) is 57.4 Å². The van der Waals surface area contributed by atoms with E-state index in [9.17, 15) is 0 Å². The van der Waals surface area contributed by atoms with Gasteiger partial charge in [0.25, 0.3) is 0 Å². The number of fused-ring (bicyclic) bond motifs is 1. The van der Waals surface area contributed by atoms with Crippen molar-refractivity contribution >= 4 is 34.3 Å². The standard InChI is InChI=1S/C18H20ClN5O/c1-23-6-8-24(9-7-23)18-21-16-5-4-13(19)11-15(16)17(22-18)20-12-14-3-2-10-25-14/h2-5,10-11H,6-9,12H2,1H3,(H,20,21,22). The van der Waals surface area contributed by atoms with Gasteiger partial charge in [-0.3, -0.25) is 0 Å². The van der Waals surface area contributed by atoms with Gasteiger partial charge in [0.1, 0.15) is 11.6 Å². The van der Waals surface area contributed by atoms with Crippen molar-refractivity contribution < 1.29 is 4.42 Å². The molecule has 1 aromatic carbocycles. The van der Waals surface area contributed by atoms with Crippen molar-refractivity contribution in [1.82, 2.24) is 14.9 Å². The van der Waals surface area contributed by atoms with Crippen LogP contribution in [0.5, 0.6) is 0 Å². The Hall–Kier alpha value is -2.31. The van der Waals surface area contributed by atoms with E-state index in [-0.39, 0.29) is 0 Å². The predicted molar refractivity (Wildman–Crippen MR) is 100 cm³/mol. The Labute approximate surface area is 151 Å². The third kappa shape index (κ3) is 3.55. The Morgan fingerprint density at radius 2 is 2.00 bits per heavy atom. The highest BCUT2D eigenvalue weighted by Crippen LogP contribution is 2.27. The van der Waals surface area contributed by atoms with Crippen LogP contribution in [0, 0.1) is 0 Å². The summed E-state index contributed by atoms with van der Waals surface area (Å²) >= 11 is 6.18. The van der Waals surface area contributed by atoms with Gasteiger partial charge in [-0.2, -0.15) is 4.98 Å². The molecule has 130 valence electrons. The zero-order valence-electron chi connectivity index (χ0n) is 14.1. The Morgan fingerprint density at radius 3 is 2.76 bits per heavy atom. The van der Waals surface area contributed by atoms with Gasteiger partial charge in [-0.05, 0) is 37.4 Å². The van der Waals surface area contributed by atoms with Crippen LogP contribution < -0.4 is 10.2 Å². The normalized spacial score (nSPS) is 15.7. The van der Waals surface area contributed by atoms with E-state index in [4.69, 9.17) is 26.0 Å². The third-order valence-corrected chi connectivity index (χ3v) is 4.68. The van der Waals surface area contributed by atoms with Crippen LogP contribution in [0.3, 0.4) is 0 Å². The van der Waals surface area contributed by atoms with Crippen LogP contribution in [0.15, 0.2) is 41.0 Å². The zero-order valence-corrected chi connectivity index (χ0v) is 14.8. The number of anilines is 2. The molecule has 1 aliphatic heterocycles. The molecule has 0 saturated carbocycles. The number of nitrogens with zero attached hydrogens (tertiary/aromatic N) is 4. The first-order chi connectivity index (χ1) is 12.2. The van der Waals surface area contributed by atoms with Crippen LogP contribution in [0.2, 0.25) is 5.02 Å². The van der Waals surface area contributed by atoms with Gasteiger partial charge in [-0.15, -0.1) is 0 Å². The van der Waals surface area contributed by atoms with E-state index in [2.05, 4.69) is 22.2 Å². The maximum atomic E-state index is 6.18. The zero-order chi connectivity index (χ0) is 17.2. The average molecular weight is 358 g/mol. The second-order valence-corrected chi connectivity index (χ2v) is 6.69. The van der Waals surface area contributed by atoms with Crippen LogP contribution in [-0.4, -0.2) is 48.1 Å². The molecule has 6 nitrogen and oxygen atoms in total. The second kappa shape index (κ2) is 6.90. The molecule has 0 amide bonds. The summed E-state index contributed by atoms with van der Waals surface area (Å²) in [5, 5.41) is 4.95. The number of nitrogens with one attached hydrogen (secondary N) is 1. The lowest BCUT2D eigenvalue weighted by Crippen LogP contribution is -2.45. The van der Waals surface area contributed by atoms with Gasteiger partial charge in [0.15, 0.2) is 0 Å². The summed E-state index contributed by atoms with van der Waals surface area (Å²) in [6.45, 7) is 4.43. The summed E-state index contributed by atoms with van der Waals surface area (Å²) in [6, 6.07) is 9.51. The number of hydrogen-bond acceptors (Lipinski definition) is 6. The lowest BCUT2D eigenvalue weighted by Gasteiger charge is -2.32. The van der Waals surface area contributed by atoms with E-state index in [0.717, 1.165) is 54.6 Å². The van der Waals surface area contributed by atoms with Crippen molar-refractivity contribution in [3.63, 3.8) is 0 Å². The molecule has 0 aliphatic carbocycles. The van der Waals surface area contributed by atoms with Crippen LogP contribution in [0.1, 0.15) is 5.76 Å². The second-order valence-electron chi connectivity index (χ2n) is 6.26. The first kappa shape index (κ1) is 16.2. The van der Waals surface area contributed by atoms with Crippen LogP contribution >= 0.6 is 11.6 Å². The summed E-state index contributed by atoms with van der Waals surface area (Å²) < 4.78 is 5.40. The number of aromatic nitrogens is 2. The Bertz CT molecular complexity index is 859. The molecule has 25 heavy (non-hydrogen) atoms. The number of halogens is 1. The highest BCUT2D eigenvalue weighted by atomic mass is 35.5. The predicted octanol–water partition coefficient (Wildman–Crippen LogP) is 3.24. The molecule has 0 unspecified atom stereocenters. The minimum atomic E-state index is 0.563. The van der Waals surface area contributed by atoms with Gasteiger partial charge < -0.3 is 19.5 Å². The molecule has 0 radical (unpaired) electrons. The van der Waals surface area contributed by atoms with E-state index < -0.39 is 0 Å². The molecule has 1 fully saturated rings. The van der Waals surface area contributed by atoms with E-state index in [1.807, 2.05) is 30.3 Å². The minimum Gasteiger partial charge on any atom is -0.467 e. The van der Waals surface area contributed by atoms with E-state index >= 15 is 0 Å². The lowest BCUT2D eigenvalue weighted by atomic mass is 10.2. The smallest absolute Gasteiger partial charge is 0.227 e. The molecular weight excluding hydrogens is 338 g/mol. The van der Waals surface area contributed by atoms with Crippen LogP contribution in [0.4, 0.5) is 11.8 Å². The fourth-order valence-corrected chi connectivity index (χ4v) is 3.13. The molecule has 0 atom stereocenters. The maximum absolute atomic E-state index is 6.18. The number of benzene rings is 1. The SMILES string of the molecule is CN1CCN(c2nc(NCc3ccco3)c3cc(Cl)ccc3n2)CC1. The summed E-state index contributed by atoms with van der Waals surface area (Å²) in [5.74, 6) is 2.39. The minimum absolute atomic E-state index is 0.563. The number of rotatable bonds is 4. The van der Waals surface area contributed by atoms with E-state index in [1.54, 1.807) is 6.26 Å². The molecule has 4 rings (SSSR count). The molecule has 3 aromatic rings. The molecule has 0 bridgehead atoms. The number of furan rings is 1. The maximum Gasteiger partial charge on any atom is 0.227 e. The van der Waals surface area contributed by atoms with Gasteiger partial charge in [0.2, 0.25) is 5.95 Å². The number of likely N-dealkylation sites (N-methyl/N-ethyl adjacent to an activating group) is 1. The lowest BCUT2D eigenvalue weighted by molar-refractivity contribution is 0.311. The Kier molecular flexibility index (Phi) is 4.46. The Morgan fingerprint density at radius 1 is 1.16 bits per heavy atom. The van der Waals surface area contributed by atoms with E-state index in [0.29, 0.717) is 11.6 Å². The first-order valence-corrected chi connectivity index (χ1v) is 8.74. The largest absolute Gasteiger partial charge is 0.467 e. The van der Waals surface area contributed by atoms with E-state index in [1.165, 1.54) is 0 Å². The molecule has 1 aliphatic rings. The molecule has 3 heterocycles. The highest BCUT2D eigenvalue weighted by molar-refractivity contribution is 6.31. The van der Waals surface area contributed by atoms with Crippen molar-refractivity contribution in [2.45, 2.75) is 6.54 Å². The van der Waals surface area contributed by atoms with Crippen molar-refractivity contribution in [1.29, 1.82) is 0 Å². The monoisotopic (exact) mass is 357 g/mol. The fraction of sp³-hybridized carbons (Fsp3) is 0.333. The van der Waals surface area contributed by atoms with Crippen molar-refractivity contribution in [2.75, 3.05) is 43.4 Å². The van der Waals surface area contributed by atoms with Crippen molar-refractivity contribution in [3.8, 4) is 0 Å². The summed E-state index contributed by atoms with van der Waals surface area (Å²) in [5.41, 5.74) is 0.885. The highest BCUT2D eigenvalue weighted by Gasteiger charge is 2.18. The van der Waals surface area contributed by atoms with Crippen LogP contribution in [0.25, 0.3) is 10.9 Å². The van der Waals surface area contributed by atoms with Gasteiger partial charge in [0.05, 0.1) is 18.3 Å². The molecule has 7 heteroatoms. The van der Waals surface area contributed by atoms with Crippen molar-refractivity contribution in [2.24, 2.45) is 0 Å². The number of hydrogen-bond donors (Lipinski definition) is 1. The summed E-state index contributed by atoms with van der Waals surface area (Å²) in [6.07, 6.45) is 1.67. The average Bonchev–Trinajstić information content (AvgIpc) is 3.14. The molecule has 2 aromatic heterocycles. The van der Waals surface area contributed by atoms with Gasteiger partial charge >= 0.3 is 0 Å². The quantitative estimate of drug-likeness (QED) is 0.773. The molecule has 1 N–H and O–H groups in total. The molecule has 0 spiro atoms. The van der Waals surface area contributed by atoms with Gasteiger partial charge in [0, 0.05) is 36.6 Å². The summed E-state index contributed by atoms with van der Waals surface area (Å²) in [4.78, 5) is 14.1. The van der Waals surface area contributed by atoms with Crippen molar-refractivity contribution in [3.05, 3.63) is 47.4 Å². The first-order valence-electron chi connectivity index (χ1n) is 8.36. The van der Waals surface area contributed by atoms with Crippen LogP contribution in [-0.2, 0) is 6.54 Å². The molecule has 1 saturated heterocycles.